The number of carbonyl (C=O) groups excluding carboxylic acids is 1. The molecule has 7 nitrogen and oxygen atoms in total. The van der Waals surface area contributed by atoms with Crippen molar-refractivity contribution in [2.75, 3.05) is 5.75 Å². The lowest BCUT2D eigenvalue weighted by atomic mass is 10.0. The van der Waals surface area contributed by atoms with Crippen LogP contribution in [0.5, 0.6) is 0 Å². The highest BCUT2D eigenvalue weighted by Crippen LogP contribution is 2.19. The number of amides is 1. The average molecular weight is 365 g/mol. The lowest BCUT2D eigenvalue weighted by molar-refractivity contribution is -0.141. The molecule has 0 aliphatic heterocycles. The monoisotopic (exact) mass is 365 g/mol. The van der Waals surface area contributed by atoms with Gasteiger partial charge in [-0.3, -0.25) is 9.35 Å². The van der Waals surface area contributed by atoms with E-state index in [1.165, 1.54) is 0 Å². The Hall–Kier alpha value is -2.45. The normalized spacial score (nSPS) is 12.7. The molecule has 0 radical (unpaired) electrons. The number of hydrogen-bond acceptors (Lipinski definition) is 4. The maximum atomic E-state index is 12.0. The smallest absolute Gasteiger partial charge is 0.326 e. The summed E-state index contributed by atoms with van der Waals surface area (Å²) in [5, 5.41) is 13.4. The van der Waals surface area contributed by atoms with Crippen LogP contribution in [0.1, 0.15) is 18.4 Å². The van der Waals surface area contributed by atoms with Crippen LogP contribution in [0.25, 0.3) is 10.8 Å². The number of fused-ring (bicyclic) bond motifs is 1. The number of hydrogen-bond donors (Lipinski definition) is 3. The number of nitrogens with one attached hydrogen (secondary N) is 1. The van der Waals surface area contributed by atoms with Gasteiger partial charge in [0.1, 0.15) is 6.04 Å². The second-order valence-corrected chi connectivity index (χ2v) is 7.24. The van der Waals surface area contributed by atoms with Gasteiger partial charge >= 0.3 is 5.97 Å². The number of rotatable bonds is 8. The molecule has 0 aromatic heterocycles. The highest BCUT2D eigenvalue weighted by Gasteiger charge is 2.22. The molecule has 0 saturated carbocycles. The molecule has 3 N–H and O–H groups in total. The summed E-state index contributed by atoms with van der Waals surface area (Å²) in [6.45, 7) is 0. The number of carbonyl (C=O) groups is 2. The van der Waals surface area contributed by atoms with E-state index in [1.54, 1.807) is 0 Å². The maximum Gasteiger partial charge on any atom is 0.326 e. The zero-order valence-corrected chi connectivity index (χ0v) is 14.2. The summed E-state index contributed by atoms with van der Waals surface area (Å²) in [6.07, 6.45) is 0.107. The molecule has 0 saturated heterocycles. The highest BCUT2D eigenvalue weighted by molar-refractivity contribution is 7.85. The molecule has 25 heavy (non-hydrogen) atoms. The lowest BCUT2D eigenvalue weighted by Crippen LogP contribution is -2.42. The molecule has 0 aliphatic carbocycles. The van der Waals surface area contributed by atoms with Gasteiger partial charge in [-0.1, -0.05) is 42.5 Å². The minimum atomic E-state index is -4.28. The van der Waals surface area contributed by atoms with Crippen molar-refractivity contribution in [3.8, 4) is 0 Å². The van der Waals surface area contributed by atoms with Gasteiger partial charge in [-0.05, 0) is 29.2 Å². The Kier molecular flexibility index (Phi) is 6.11. The van der Waals surface area contributed by atoms with Crippen molar-refractivity contribution in [1.82, 2.24) is 5.32 Å². The van der Waals surface area contributed by atoms with E-state index in [9.17, 15) is 18.0 Å². The molecule has 134 valence electrons. The van der Waals surface area contributed by atoms with Crippen LogP contribution in [0.15, 0.2) is 42.5 Å². The van der Waals surface area contributed by atoms with Gasteiger partial charge in [0.2, 0.25) is 5.91 Å². The maximum absolute atomic E-state index is 12.0. The molecule has 8 heteroatoms. The molecule has 1 atom stereocenters. The fourth-order valence-corrected chi connectivity index (χ4v) is 3.08. The van der Waals surface area contributed by atoms with E-state index in [2.05, 4.69) is 5.32 Å². The van der Waals surface area contributed by atoms with Crippen molar-refractivity contribution in [3.63, 3.8) is 0 Å². The number of aliphatic carboxylic acids is 1. The zero-order chi connectivity index (χ0) is 18.4. The quantitative estimate of drug-likeness (QED) is 0.611. The Bertz CT molecular complexity index is 872. The third-order valence-corrected chi connectivity index (χ3v) is 4.55. The lowest BCUT2D eigenvalue weighted by Gasteiger charge is -2.14. The third-order valence-electron chi connectivity index (χ3n) is 3.80. The van der Waals surface area contributed by atoms with Crippen LogP contribution < -0.4 is 5.32 Å². The van der Waals surface area contributed by atoms with Crippen molar-refractivity contribution >= 4 is 32.8 Å². The molecular weight excluding hydrogens is 346 g/mol. The first-order chi connectivity index (χ1) is 11.8. The number of aryl methyl sites for hydroxylation is 1. The molecule has 1 amide bonds. The summed E-state index contributed by atoms with van der Waals surface area (Å²) >= 11 is 0. The second kappa shape index (κ2) is 8.09. The summed E-state index contributed by atoms with van der Waals surface area (Å²) in [5.74, 6) is -2.56. The Balaban J connectivity index is 1.97. The largest absolute Gasteiger partial charge is 0.480 e. The molecule has 2 aromatic rings. The van der Waals surface area contributed by atoms with Crippen LogP contribution in [-0.2, 0) is 26.1 Å². The Morgan fingerprint density at radius 3 is 2.44 bits per heavy atom. The van der Waals surface area contributed by atoms with Gasteiger partial charge < -0.3 is 10.4 Å². The van der Waals surface area contributed by atoms with Crippen LogP contribution in [0.2, 0.25) is 0 Å². The summed E-state index contributed by atoms with van der Waals surface area (Å²) in [6, 6.07) is 12.2. The summed E-state index contributed by atoms with van der Waals surface area (Å²) in [4.78, 5) is 23.1. The van der Waals surface area contributed by atoms with Gasteiger partial charge in [-0.15, -0.1) is 0 Å². The molecule has 0 bridgehead atoms. The van der Waals surface area contributed by atoms with E-state index in [4.69, 9.17) is 9.66 Å². The van der Waals surface area contributed by atoms with E-state index in [0.717, 1.165) is 16.3 Å². The topological polar surface area (TPSA) is 121 Å². The van der Waals surface area contributed by atoms with Crippen molar-refractivity contribution in [2.24, 2.45) is 0 Å². The fraction of sp³-hybridized carbons (Fsp3) is 0.294. The van der Waals surface area contributed by atoms with Gasteiger partial charge in [0.25, 0.3) is 10.1 Å². The number of benzene rings is 2. The highest BCUT2D eigenvalue weighted by atomic mass is 32.2. The first-order valence-corrected chi connectivity index (χ1v) is 9.31. The Morgan fingerprint density at radius 1 is 1.08 bits per heavy atom. The van der Waals surface area contributed by atoms with Gasteiger partial charge in [-0.25, -0.2) is 4.79 Å². The standard InChI is InChI=1S/C17H19NO6S/c19-16(18-15(17(20)21)10-11-25(22,23)24)9-8-13-6-3-5-12-4-1-2-7-14(12)13/h1-7,15H,8-11H2,(H,18,19)(H,20,21)(H,22,23,24)/t15-/m0/s1. The average Bonchev–Trinajstić information content (AvgIpc) is 2.55. The molecule has 2 aromatic carbocycles. The van der Waals surface area contributed by atoms with Crippen molar-refractivity contribution in [3.05, 3.63) is 48.0 Å². The summed E-state index contributed by atoms with van der Waals surface area (Å²) < 4.78 is 30.2. The second-order valence-electron chi connectivity index (χ2n) is 5.67. The summed E-state index contributed by atoms with van der Waals surface area (Å²) in [7, 11) is -4.28. The van der Waals surface area contributed by atoms with Crippen molar-refractivity contribution in [1.29, 1.82) is 0 Å². The van der Waals surface area contributed by atoms with Crippen LogP contribution in [-0.4, -0.2) is 41.7 Å². The van der Waals surface area contributed by atoms with Crippen LogP contribution in [0.4, 0.5) is 0 Å². The van der Waals surface area contributed by atoms with E-state index >= 15 is 0 Å². The minimum Gasteiger partial charge on any atom is -0.480 e. The minimum absolute atomic E-state index is 0.0731. The fourth-order valence-electron chi connectivity index (χ4n) is 2.55. The number of carboxylic acids is 1. The van der Waals surface area contributed by atoms with Crippen LogP contribution >= 0.6 is 0 Å². The molecule has 0 fully saturated rings. The van der Waals surface area contributed by atoms with E-state index in [1.807, 2.05) is 42.5 Å². The predicted octanol–water partition coefficient (Wildman–Crippen LogP) is 1.62. The van der Waals surface area contributed by atoms with E-state index in [0.29, 0.717) is 6.42 Å². The molecule has 0 aliphatic rings. The first-order valence-electron chi connectivity index (χ1n) is 7.70. The molecule has 2 rings (SSSR count). The first kappa shape index (κ1) is 18.9. The zero-order valence-electron chi connectivity index (χ0n) is 13.4. The molecule has 0 spiro atoms. The summed E-state index contributed by atoms with van der Waals surface area (Å²) in [5.41, 5.74) is 0.970. The van der Waals surface area contributed by atoms with Crippen molar-refractivity contribution < 1.29 is 27.7 Å². The Morgan fingerprint density at radius 2 is 1.76 bits per heavy atom. The van der Waals surface area contributed by atoms with Crippen molar-refractivity contribution in [2.45, 2.75) is 25.3 Å². The van der Waals surface area contributed by atoms with Gasteiger partial charge in [0.15, 0.2) is 0 Å². The van der Waals surface area contributed by atoms with Gasteiger partial charge in [0, 0.05) is 6.42 Å². The predicted molar refractivity (Wildman–Crippen MR) is 92.9 cm³/mol. The van der Waals surface area contributed by atoms with E-state index < -0.39 is 40.2 Å². The van der Waals surface area contributed by atoms with Gasteiger partial charge in [0.05, 0.1) is 5.75 Å². The SMILES string of the molecule is O=C(CCc1cccc2ccccc12)N[C@@H](CCS(=O)(=O)O)C(=O)O. The number of carboxylic acid groups (broad SMARTS) is 1. The molecular formula is C17H19NO6S. The van der Waals surface area contributed by atoms with Crippen LogP contribution in [0, 0.1) is 0 Å². The van der Waals surface area contributed by atoms with Gasteiger partial charge in [-0.2, -0.15) is 8.42 Å². The van der Waals surface area contributed by atoms with E-state index in [-0.39, 0.29) is 6.42 Å². The Labute approximate surface area is 145 Å². The molecule has 0 heterocycles. The van der Waals surface area contributed by atoms with Crippen LogP contribution in [0.3, 0.4) is 0 Å². The third kappa shape index (κ3) is 5.84. The molecule has 0 unspecified atom stereocenters.